The largest absolute Gasteiger partial charge is 0.495 e. The first-order chi connectivity index (χ1) is 12.6. The van der Waals surface area contributed by atoms with E-state index in [-0.39, 0.29) is 30.2 Å². The Morgan fingerprint density at radius 3 is 2.77 bits per heavy atom. The summed E-state index contributed by atoms with van der Waals surface area (Å²) in [5.41, 5.74) is 0.747. The molecule has 1 aromatic carbocycles. The zero-order valence-electron chi connectivity index (χ0n) is 15.6. The molecule has 5 nitrogen and oxygen atoms in total. The van der Waals surface area contributed by atoms with E-state index in [0.29, 0.717) is 18.2 Å². The van der Waals surface area contributed by atoms with Crippen molar-refractivity contribution in [2.45, 2.75) is 45.1 Å². The number of nitrogens with one attached hydrogen (secondary N) is 1. The second kappa shape index (κ2) is 6.93. The van der Waals surface area contributed by atoms with Crippen LogP contribution in [0.4, 0.5) is 5.69 Å². The molecule has 2 aliphatic carbocycles. The fourth-order valence-electron chi connectivity index (χ4n) is 5.32. The van der Waals surface area contributed by atoms with Gasteiger partial charge in [0.2, 0.25) is 11.8 Å². The maximum absolute atomic E-state index is 12.8. The smallest absolute Gasteiger partial charge is 0.227 e. The lowest BCUT2D eigenvalue weighted by Gasteiger charge is -2.29. The summed E-state index contributed by atoms with van der Waals surface area (Å²) in [5, 5.41) is 3.22. The molecule has 5 atom stereocenters. The monoisotopic (exact) mass is 356 g/mol. The Hall–Kier alpha value is -2.04. The SMILES string of the molecule is COc1ccccc1N1CC(C(=O)NC(C)C2CC3CCC2C3)CC1=O. The van der Waals surface area contributed by atoms with Crippen LogP contribution in [0.15, 0.2) is 24.3 Å². The van der Waals surface area contributed by atoms with Gasteiger partial charge < -0.3 is 15.0 Å². The zero-order valence-corrected chi connectivity index (χ0v) is 15.6. The van der Waals surface area contributed by atoms with Crippen LogP contribution in [0.1, 0.15) is 39.0 Å². The number of hydrogen-bond donors (Lipinski definition) is 1. The van der Waals surface area contributed by atoms with Crippen LogP contribution in [0.2, 0.25) is 0 Å². The van der Waals surface area contributed by atoms with E-state index in [1.165, 1.54) is 25.7 Å². The van der Waals surface area contributed by atoms with E-state index < -0.39 is 0 Å². The van der Waals surface area contributed by atoms with Gasteiger partial charge in [0, 0.05) is 19.0 Å². The van der Waals surface area contributed by atoms with Crippen LogP contribution in [0.3, 0.4) is 0 Å². The average Bonchev–Trinajstić information content (AvgIpc) is 3.37. The number of carbonyl (C=O) groups is 2. The molecular formula is C21H28N2O3. The van der Waals surface area contributed by atoms with Gasteiger partial charge in [-0.1, -0.05) is 18.6 Å². The van der Waals surface area contributed by atoms with Crippen molar-refractivity contribution in [1.29, 1.82) is 0 Å². The first-order valence-corrected chi connectivity index (χ1v) is 9.80. The lowest BCUT2D eigenvalue weighted by atomic mass is 9.84. The molecule has 5 unspecified atom stereocenters. The number of anilines is 1. The molecule has 0 radical (unpaired) electrons. The van der Waals surface area contributed by atoms with Crippen molar-refractivity contribution in [2.24, 2.45) is 23.7 Å². The Bertz CT molecular complexity index is 704. The molecule has 2 bridgehead atoms. The van der Waals surface area contributed by atoms with Crippen LogP contribution >= 0.6 is 0 Å². The molecule has 1 heterocycles. The van der Waals surface area contributed by atoms with Crippen LogP contribution < -0.4 is 15.0 Å². The number of ether oxygens (including phenoxy) is 1. The molecule has 1 N–H and O–H groups in total. The number of hydrogen-bond acceptors (Lipinski definition) is 3. The number of fused-ring (bicyclic) bond motifs is 2. The minimum Gasteiger partial charge on any atom is -0.495 e. The van der Waals surface area contributed by atoms with Crippen LogP contribution in [0, 0.1) is 23.7 Å². The number of para-hydroxylation sites is 2. The summed E-state index contributed by atoms with van der Waals surface area (Å²) < 4.78 is 5.37. The summed E-state index contributed by atoms with van der Waals surface area (Å²) in [7, 11) is 1.60. The van der Waals surface area contributed by atoms with E-state index in [0.717, 1.165) is 17.5 Å². The standard InChI is InChI=1S/C21H28N2O3/c1-13(17-10-14-7-8-15(17)9-14)22-21(25)16-11-20(24)23(12-16)18-5-3-4-6-19(18)26-2/h3-6,13-17H,7-12H2,1-2H3,(H,22,25). The van der Waals surface area contributed by atoms with Crippen molar-refractivity contribution < 1.29 is 14.3 Å². The topological polar surface area (TPSA) is 58.6 Å². The molecule has 0 spiro atoms. The van der Waals surface area contributed by atoms with E-state index >= 15 is 0 Å². The van der Waals surface area contributed by atoms with E-state index in [4.69, 9.17) is 4.74 Å². The summed E-state index contributed by atoms with van der Waals surface area (Å²) >= 11 is 0. The number of nitrogens with zero attached hydrogens (tertiary/aromatic N) is 1. The van der Waals surface area contributed by atoms with Gasteiger partial charge in [0.25, 0.3) is 0 Å². The predicted molar refractivity (Wildman–Crippen MR) is 100.0 cm³/mol. The third kappa shape index (κ3) is 3.08. The number of benzene rings is 1. The summed E-state index contributed by atoms with van der Waals surface area (Å²) in [4.78, 5) is 27.0. The Morgan fingerprint density at radius 1 is 1.27 bits per heavy atom. The minimum atomic E-state index is -0.284. The van der Waals surface area contributed by atoms with Crippen LogP contribution in [-0.4, -0.2) is 31.5 Å². The van der Waals surface area contributed by atoms with Gasteiger partial charge in [-0.3, -0.25) is 9.59 Å². The van der Waals surface area contributed by atoms with Gasteiger partial charge in [-0.2, -0.15) is 0 Å². The summed E-state index contributed by atoms with van der Waals surface area (Å²) in [6.07, 6.45) is 5.55. The van der Waals surface area contributed by atoms with E-state index in [9.17, 15) is 9.59 Å². The van der Waals surface area contributed by atoms with Gasteiger partial charge >= 0.3 is 0 Å². The number of rotatable bonds is 5. The van der Waals surface area contributed by atoms with Gasteiger partial charge in [-0.15, -0.1) is 0 Å². The molecule has 1 aliphatic heterocycles. The highest BCUT2D eigenvalue weighted by molar-refractivity contribution is 6.01. The van der Waals surface area contributed by atoms with Crippen molar-refractivity contribution in [2.75, 3.05) is 18.6 Å². The highest BCUT2D eigenvalue weighted by Crippen LogP contribution is 2.49. The maximum Gasteiger partial charge on any atom is 0.227 e. The number of amides is 2. The molecular weight excluding hydrogens is 328 g/mol. The lowest BCUT2D eigenvalue weighted by molar-refractivity contribution is -0.127. The molecule has 1 saturated heterocycles. The lowest BCUT2D eigenvalue weighted by Crippen LogP contribution is -2.43. The van der Waals surface area contributed by atoms with E-state index in [1.807, 2.05) is 24.3 Å². The van der Waals surface area contributed by atoms with Crippen molar-refractivity contribution in [3.05, 3.63) is 24.3 Å². The molecule has 140 valence electrons. The molecule has 2 amide bonds. The Morgan fingerprint density at radius 2 is 2.08 bits per heavy atom. The second-order valence-corrected chi connectivity index (χ2v) is 8.21. The van der Waals surface area contributed by atoms with Gasteiger partial charge in [0.1, 0.15) is 5.75 Å². The van der Waals surface area contributed by atoms with E-state index in [1.54, 1.807) is 12.0 Å². The molecule has 2 saturated carbocycles. The molecule has 3 aliphatic rings. The van der Waals surface area contributed by atoms with Gasteiger partial charge in [0.05, 0.1) is 18.7 Å². The zero-order chi connectivity index (χ0) is 18.3. The first kappa shape index (κ1) is 17.4. The fourth-order valence-corrected chi connectivity index (χ4v) is 5.32. The molecule has 1 aromatic rings. The first-order valence-electron chi connectivity index (χ1n) is 9.80. The normalized spacial score (nSPS) is 31.3. The van der Waals surface area contributed by atoms with Gasteiger partial charge in [-0.25, -0.2) is 0 Å². The number of methoxy groups -OCH3 is 1. The highest BCUT2D eigenvalue weighted by atomic mass is 16.5. The average molecular weight is 356 g/mol. The highest BCUT2D eigenvalue weighted by Gasteiger charge is 2.43. The van der Waals surface area contributed by atoms with Gasteiger partial charge in [0.15, 0.2) is 0 Å². The summed E-state index contributed by atoms with van der Waals surface area (Å²) in [5.74, 6) is 2.66. The van der Waals surface area contributed by atoms with Crippen LogP contribution in [0.25, 0.3) is 0 Å². The molecule has 4 rings (SSSR count). The summed E-state index contributed by atoms with van der Waals surface area (Å²) in [6.45, 7) is 2.56. The van der Waals surface area contributed by atoms with Crippen LogP contribution in [0.5, 0.6) is 5.75 Å². The minimum absolute atomic E-state index is 0.0118. The Balaban J connectivity index is 1.39. The van der Waals surface area contributed by atoms with Crippen molar-refractivity contribution in [1.82, 2.24) is 5.32 Å². The predicted octanol–water partition coefficient (Wildman–Crippen LogP) is 2.99. The van der Waals surface area contributed by atoms with Gasteiger partial charge in [-0.05, 0) is 56.1 Å². The molecule has 3 fully saturated rings. The molecule has 5 heteroatoms. The number of carbonyl (C=O) groups excluding carboxylic acids is 2. The molecule has 26 heavy (non-hydrogen) atoms. The van der Waals surface area contributed by atoms with Crippen molar-refractivity contribution in [3.8, 4) is 5.75 Å². The Labute approximate surface area is 155 Å². The second-order valence-electron chi connectivity index (χ2n) is 8.21. The fraction of sp³-hybridized carbons (Fsp3) is 0.619. The summed E-state index contributed by atoms with van der Waals surface area (Å²) in [6, 6.07) is 7.68. The van der Waals surface area contributed by atoms with Crippen LogP contribution in [-0.2, 0) is 9.59 Å². The van der Waals surface area contributed by atoms with Crippen molar-refractivity contribution in [3.63, 3.8) is 0 Å². The molecule has 0 aromatic heterocycles. The van der Waals surface area contributed by atoms with Crippen molar-refractivity contribution >= 4 is 17.5 Å². The maximum atomic E-state index is 12.8. The third-order valence-corrected chi connectivity index (χ3v) is 6.68. The third-order valence-electron chi connectivity index (χ3n) is 6.68. The Kier molecular flexibility index (Phi) is 4.63. The van der Waals surface area contributed by atoms with E-state index in [2.05, 4.69) is 12.2 Å². The quantitative estimate of drug-likeness (QED) is 0.882.